The minimum absolute atomic E-state index is 0.0321. The normalized spacial score (nSPS) is 32.2. The van der Waals surface area contributed by atoms with Crippen molar-refractivity contribution >= 4 is 46.3 Å². The highest BCUT2D eigenvalue weighted by atomic mass is 19.1. The Morgan fingerprint density at radius 3 is 2.77 bits per heavy atom. The lowest BCUT2D eigenvalue weighted by molar-refractivity contribution is -0.147. The first-order chi connectivity index (χ1) is 19.2. The number of pyridine rings is 1. The molecule has 13 nitrogen and oxygen atoms in total. The molecule has 40 heavy (non-hydrogen) atoms. The van der Waals surface area contributed by atoms with Gasteiger partial charge in [0.25, 0.3) is 0 Å². The number of rotatable bonds is 2. The Bertz CT molecular complexity index is 1690. The summed E-state index contributed by atoms with van der Waals surface area (Å²) in [6.07, 6.45) is -0.565. The van der Waals surface area contributed by atoms with Crippen molar-refractivity contribution in [2.75, 3.05) is 22.9 Å². The minimum Gasteiger partial charge on any atom is -0.437 e. The van der Waals surface area contributed by atoms with E-state index in [1.54, 1.807) is 42.3 Å². The fourth-order valence-electron chi connectivity index (χ4n) is 6.96. The molecule has 8 rings (SSSR count). The van der Waals surface area contributed by atoms with Crippen molar-refractivity contribution in [3.8, 4) is 0 Å². The zero-order valence-corrected chi connectivity index (χ0v) is 21.3. The van der Waals surface area contributed by atoms with E-state index in [4.69, 9.17) is 19.0 Å². The summed E-state index contributed by atoms with van der Waals surface area (Å²) in [5.74, 6) is -0.898. The number of hydrogen-bond acceptors (Lipinski definition) is 10. The van der Waals surface area contributed by atoms with E-state index in [2.05, 4.69) is 20.8 Å². The summed E-state index contributed by atoms with van der Waals surface area (Å²) in [5, 5.41) is 9.34. The number of amidine groups is 1. The van der Waals surface area contributed by atoms with Crippen molar-refractivity contribution < 1.29 is 32.8 Å². The van der Waals surface area contributed by atoms with Gasteiger partial charge in [-0.3, -0.25) is 25.3 Å². The molecule has 0 saturated carbocycles. The van der Waals surface area contributed by atoms with Crippen LogP contribution in [0.25, 0.3) is 11.0 Å². The van der Waals surface area contributed by atoms with Gasteiger partial charge in [0.15, 0.2) is 28.8 Å². The summed E-state index contributed by atoms with van der Waals surface area (Å²) < 4.78 is 33.5. The van der Waals surface area contributed by atoms with Crippen LogP contribution in [0, 0.1) is 11.2 Å². The number of carbonyl (C=O) groups is 3. The molecule has 2 spiro atoms. The topological polar surface area (TPSA) is 151 Å². The molecular formula is C26H22FN7O6. The number of anilines is 2. The smallest absolute Gasteiger partial charge is 0.416 e. The molecule has 0 bridgehead atoms. The summed E-state index contributed by atoms with van der Waals surface area (Å²) in [5.41, 5.74) is -1.44. The number of nitrogens with one attached hydrogen (secondary N) is 2. The van der Waals surface area contributed by atoms with Crippen LogP contribution in [0.5, 0.6) is 0 Å². The van der Waals surface area contributed by atoms with Crippen LogP contribution in [0.3, 0.4) is 0 Å². The zero-order chi connectivity index (χ0) is 27.6. The maximum Gasteiger partial charge on any atom is 0.416 e. The lowest BCUT2D eigenvalue weighted by Crippen LogP contribution is -2.86. The molecule has 3 aromatic rings. The maximum atomic E-state index is 16.4. The van der Waals surface area contributed by atoms with E-state index >= 15 is 4.39 Å². The van der Waals surface area contributed by atoms with Crippen LogP contribution in [0.15, 0.2) is 40.0 Å². The van der Waals surface area contributed by atoms with Crippen molar-refractivity contribution in [2.24, 2.45) is 10.4 Å². The first kappa shape index (κ1) is 23.3. The Labute approximate surface area is 225 Å². The SMILES string of the molecule is C[C@@H]1CN2c3c(cc4c(N5C[C@H](c6ccccn6)OC5=O)noc4c3F)CC34C(=O)NC(=O)NC3=N[C@]24[C@H](C)O1. The summed E-state index contributed by atoms with van der Waals surface area (Å²) in [6.45, 7) is 3.99. The van der Waals surface area contributed by atoms with E-state index < -0.39 is 47.1 Å². The Balaban J connectivity index is 1.28. The van der Waals surface area contributed by atoms with Crippen molar-refractivity contribution in [1.82, 2.24) is 20.8 Å². The molecule has 5 atom stereocenters. The number of benzene rings is 1. The molecule has 1 unspecified atom stereocenters. The lowest BCUT2D eigenvalue weighted by atomic mass is 9.58. The summed E-state index contributed by atoms with van der Waals surface area (Å²) in [7, 11) is 0. The number of imide groups is 1. The third kappa shape index (κ3) is 2.63. The predicted molar refractivity (Wildman–Crippen MR) is 135 cm³/mol. The van der Waals surface area contributed by atoms with Gasteiger partial charge in [0.1, 0.15) is 11.9 Å². The number of hydrogen-bond donors (Lipinski definition) is 2. The van der Waals surface area contributed by atoms with E-state index in [1.807, 2.05) is 6.92 Å². The number of fused-ring (bicyclic) bond motifs is 3. The second-order valence-corrected chi connectivity index (χ2v) is 10.7. The van der Waals surface area contributed by atoms with Crippen LogP contribution in [0.4, 0.5) is 25.5 Å². The van der Waals surface area contributed by atoms with E-state index in [0.717, 1.165) is 0 Å². The monoisotopic (exact) mass is 547 g/mol. The average molecular weight is 548 g/mol. The van der Waals surface area contributed by atoms with E-state index in [-0.39, 0.29) is 53.9 Å². The molecule has 14 heteroatoms. The van der Waals surface area contributed by atoms with Crippen molar-refractivity contribution in [3.63, 3.8) is 0 Å². The fraction of sp³-hybridized carbons (Fsp3) is 0.385. The van der Waals surface area contributed by atoms with Crippen molar-refractivity contribution in [1.29, 1.82) is 0 Å². The van der Waals surface area contributed by atoms with Gasteiger partial charge >= 0.3 is 12.1 Å². The summed E-state index contributed by atoms with van der Waals surface area (Å²) in [4.78, 5) is 50.5. The van der Waals surface area contributed by atoms with Crippen LogP contribution in [0.1, 0.15) is 31.2 Å². The standard InChI is InChI=1S/C26H22FN7O6/c1-11-9-34-18-13(8-25-21(29-23(36)30-22(25)35)31-26(25,34)12(2)38-11)7-14-19(17(18)27)40-32-20(14)33-10-16(39-24(33)37)15-5-3-4-6-28-15/h3-7,11-12,16H,8-10H2,1-2H3,(H2,29,30,31,35,36)/t11-,12+,16-,25?,26-/m1/s1. The molecule has 0 radical (unpaired) electrons. The first-order valence-electron chi connectivity index (χ1n) is 12.9. The van der Waals surface area contributed by atoms with Crippen LogP contribution >= 0.6 is 0 Å². The van der Waals surface area contributed by atoms with Crippen molar-refractivity contribution in [2.45, 2.75) is 44.2 Å². The van der Waals surface area contributed by atoms with Crippen LogP contribution in [0.2, 0.25) is 0 Å². The molecule has 204 valence electrons. The number of cyclic esters (lactones) is 1. The average Bonchev–Trinajstić information content (AvgIpc) is 3.50. The number of morpholine rings is 1. The third-order valence-electron chi connectivity index (χ3n) is 8.57. The minimum atomic E-state index is -1.32. The molecule has 5 aliphatic heterocycles. The molecule has 5 aliphatic rings. The summed E-state index contributed by atoms with van der Waals surface area (Å²) in [6, 6.07) is 6.32. The predicted octanol–water partition coefficient (Wildman–Crippen LogP) is 2.16. The number of aromatic nitrogens is 2. The van der Waals surface area contributed by atoms with Gasteiger partial charge in [-0.1, -0.05) is 11.2 Å². The van der Waals surface area contributed by atoms with Gasteiger partial charge in [-0.15, -0.1) is 0 Å². The molecule has 3 fully saturated rings. The van der Waals surface area contributed by atoms with Gasteiger partial charge in [0, 0.05) is 19.2 Å². The molecule has 4 amide bonds. The highest BCUT2D eigenvalue weighted by Crippen LogP contribution is 2.60. The van der Waals surface area contributed by atoms with Crippen LogP contribution in [-0.4, -0.2) is 65.0 Å². The van der Waals surface area contributed by atoms with Crippen molar-refractivity contribution in [3.05, 3.63) is 47.5 Å². The van der Waals surface area contributed by atoms with Crippen LogP contribution < -0.4 is 20.4 Å². The molecule has 1 aromatic carbocycles. The quantitative estimate of drug-likeness (QED) is 0.492. The molecular weight excluding hydrogens is 525 g/mol. The molecule has 7 heterocycles. The number of amides is 4. The highest BCUT2D eigenvalue weighted by molar-refractivity contribution is 6.26. The Morgan fingerprint density at radius 1 is 1.15 bits per heavy atom. The van der Waals surface area contributed by atoms with E-state index in [9.17, 15) is 14.4 Å². The Kier molecular flexibility index (Phi) is 4.39. The van der Waals surface area contributed by atoms with Gasteiger partial charge in [-0.2, -0.15) is 0 Å². The number of carbonyl (C=O) groups excluding carboxylic acids is 3. The first-order valence-corrected chi connectivity index (χ1v) is 12.9. The molecule has 0 aliphatic carbocycles. The number of urea groups is 1. The van der Waals surface area contributed by atoms with E-state index in [0.29, 0.717) is 11.3 Å². The summed E-state index contributed by atoms with van der Waals surface area (Å²) >= 11 is 0. The Morgan fingerprint density at radius 2 is 2.00 bits per heavy atom. The maximum absolute atomic E-state index is 16.4. The van der Waals surface area contributed by atoms with Crippen LogP contribution in [-0.2, 0) is 20.7 Å². The van der Waals surface area contributed by atoms with Gasteiger partial charge in [0.2, 0.25) is 11.5 Å². The largest absolute Gasteiger partial charge is 0.437 e. The highest BCUT2D eigenvalue weighted by Gasteiger charge is 2.77. The second-order valence-electron chi connectivity index (χ2n) is 10.7. The lowest BCUT2D eigenvalue weighted by Gasteiger charge is -2.67. The van der Waals surface area contributed by atoms with Gasteiger partial charge in [0.05, 0.1) is 29.4 Å². The second kappa shape index (κ2) is 7.53. The van der Waals surface area contributed by atoms with Gasteiger partial charge in [-0.25, -0.2) is 19.0 Å². The molecule has 2 aromatic heterocycles. The fourth-order valence-corrected chi connectivity index (χ4v) is 6.96. The van der Waals surface area contributed by atoms with E-state index in [1.165, 1.54) is 4.90 Å². The number of aliphatic imine (C=N–C) groups is 1. The third-order valence-corrected chi connectivity index (χ3v) is 8.57. The zero-order valence-electron chi connectivity index (χ0n) is 21.3. The Hall–Kier alpha value is -4.59. The number of ether oxygens (including phenoxy) is 2. The number of nitrogens with zero attached hydrogens (tertiary/aromatic N) is 5. The van der Waals surface area contributed by atoms with Gasteiger partial charge in [-0.05, 0) is 37.6 Å². The number of halogens is 1. The van der Waals surface area contributed by atoms with Gasteiger partial charge < -0.3 is 18.9 Å². The molecule has 2 N–H and O–H groups in total. The molecule has 3 saturated heterocycles.